The van der Waals surface area contributed by atoms with Crippen molar-refractivity contribution in [3.63, 3.8) is 0 Å². The molecule has 6 aromatic carbocycles. The van der Waals surface area contributed by atoms with Gasteiger partial charge in [0.1, 0.15) is 0 Å². The van der Waals surface area contributed by atoms with Gasteiger partial charge < -0.3 is 13.7 Å². The highest BCUT2D eigenvalue weighted by molar-refractivity contribution is 6.40. The number of aliphatic imine (C=N–C) groups is 1. The van der Waals surface area contributed by atoms with Gasteiger partial charge in [0.2, 0.25) is 11.7 Å². The van der Waals surface area contributed by atoms with E-state index < -0.39 is 0 Å². The Bertz CT molecular complexity index is 3500. The maximum atomic E-state index is 4.83. The molecule has 8 nitrogen and oxygen atoms in total. The van der Waals surface area contributed by atoms with Crippen LogP contribution in [0.5, 0.6) is 0 Å². The minimum Gasteiger partial charge on any atom is -0.315 e. The third kappa shape index (κ3) is 4.51. The Kier molecular flexibility index (Phi) is 6.85. The summed E-state index contributed by atoms with van der Waals surface area (Å²) in [6.45, 7) is 10.0. The standard InChI is InChI=1S/C50H38N8/c1-29-31(3)57(35-19-15-33(16-20-35)41-27-55-25-9-23-51-49(55)53-41)47-39-13-7-6-12-38(39)46-44-30(2)32(4)58(48(44)40-14-8-5-11-37(40)45(46)43(29)47)36-21-17-34(18-22-36)42-28-56-26-10-24-52-50(56)54-42/h5-9,11-25,27-28H,10,26H2,1-4H3. The second-order valence-electron chi connectivity index (χ2n) is 15.6. The largest absolute Gasteiger partial charge is 0.315 e. The number of rotatable bonds is 4. The highest BCUT2D eigenvalue weighted by Gasteiger charge is 2.26. The first kappa shape index (κ1) is 32.9. The first-order chi connectivity index (χ1) is 28.4. The second-order valence-corrected chi connectivity index (χ2v) is 15.6. The minimum atomic E-state index is 0.696. The van der Waals surface area contributed by atoms with Crippen molar-refractivity contribution in [3.05, 3.63) is 150 Å². The molecule has 0 spiro atoms. The summed E-state index contributed by atoms with van der Waals surface area (Å²) in [5.41, 5.74) is 13.8. The molecule has 1 aliphatic rings. The zero-order valence-electron chi connectivity index (χ0n) is 32.7. The number of aryl methyl sites for hydroxylation is 3. The van der Waals surface area contributed by atoms with Gasteiger partial charge in [-0.25, -0.2) is 19.9 Å². The van der Waals surface area contributed by atoms with Crippen LogP contribution in [-0.2, 0) is 6.54 Å². The van der Waals surface area contributed by atoms with Gasteiger partial charge >= 0.3 is 0 Å². The Morgan fingerprint density at radius 3 is 1.60 bits per heavy atom. The molecule has 6 heterocycles. The maximum Gasteiger partial charge on any atom is 0.234 e. The fraction of sp³-hybridized carbons (Fsp3) is 0.120. The third-order valence-electron chi connectivity index (χ3n) is 12.6. The second kappa shape index (κ2) is 12.1. The highest BCUT2D eigenvalue weighted by atomic mass is 15.2. The predicted molar refractivity (Wildman–Crippen MR) is 238 cm³/mol. The molecule has 12 rings (SSSR count). The van der Waals surface area contributed by atoms with Crippen LogP contribution in [0, 0.1) is 27.7 Å². The van der Waals surface area contributed by atoms with E-state index in [1.54, 1.807) is 6.20 Å². The molecule has 0 saturated heterocycles. The summed E-state index contributed by atoms with van der Waals surface area (Å²) < 4.78 is 9.05. The van der Waals surface area contributed by atoms with Crippen molar-refractivity contribution in [2.24, 2.45) is 4.99 Å². The van der Waals surface area contributed by atoms with Gasteiger partial charge in [-0.2, -0.15) is 0 Å². The molecule has 0 saturated carbocycles. The van der Waals surface area contributed by atoms with E-state index in [4.69, 9.17) is 9.97 Å². The van der Waals surface area contributed by atoms with Crippen LogP contribution in [0.4, 0.5) is 5.95 Å². The SMILES string of the molecule is Cc1c(C)n(-c2ccc(-c3cn4c(n3)N=CCC4)cc2)c2c3ccccc3c3c4c(C)c(C)n(-c5ccc(-c6cn7cccnc7n6)cc5)c4c4ccccc4c3c12. The van der Waals surface area contributed by atoms with Crippen molar-refractivity contribution in [1.29, 1.82) is 0 Å². The van der Waals surface area contributed by atoms with E-state index in [9.17, 15) is 0 Å². The molecule has 0 unspecified atom stereocenters. The normalized spacial score (nSPS) is 13.0. The van der Waals surface area contributed by atoms with Gasteiger partial charge in [-0.1, -0.05) is 72.8 Å². The van der Waals surface area contributed by atoms with Crippen LogP contribution in [0.3, 0.4) is 0 Å². The molecule has 0 radical (unpaired) electrons. The molecule has 278 valence electrons. The molecule has 58 heavy (non-hydrogen) atoms. The first-order valence-electron chi connectivity index (χ1n) is 19.9. The molecule has 1 aliphatic heterocycles. The van der Waals surface area contributed by atoms with Gasteiger partial charge in [-0.3, -0.25) is 4.40 Å². The Balaban J connectivity index is 1.11. The summed E-state index contributed by atoms with van der Waals surface area (Å²) in [4.78, 5) is 18.6. The lowest BCUT2D eigenvalue weighted by Crippen LogP contribution is -2.00. The van der Waals surface area contributed by atoms with E-state index in [1.165, 1.54) is 76.6 Å². The third-order valence-corrected chi connectivity index (χ3v) is 12.6. The lowest BCUT2D eigenvalue weighted by Gasteiger charge is -2.17. The molecule has 0 amide bonds. The van der Waals surface area contributed by atoms with Crippen molar-refractivity contribution < 1.29 is 0 Å². The molecule has 0 fully saturated rings. The monoisotopic (exact) mass is 750 g/mol. The zero-order valence-corrected chi connectivity index (χ0v) is 32.7. The average Bonchev–Trinajstić information content (AvgIpc) is 4.03. The number of aromatic nitrogens is 7. The molecular formula is C50H38N8. The Labute approximate surface area is 334 Å². The van der Waals surface area contributed by atoms with Crippen LogP contribution in [0.2, 0.25) is 0 Å². The molecule has 0 bridgehead atoms. The van der Waals surface area contributed by atoms with Gasteiger partial charge in [0, 0.05) is 110 Å². The molecule has 11 aromatic rings. The smallest absolute Gasteiger partial charge is 0.234 e. The fourth-order valence-corrected chi connectivity index (χ4v) is 9.67. The Morgan fingerprint density at radius 1 is 0.534 bits per heavy atom. The lowest BCUT2D eigenvalue weighted by molar-refractivity contribution is 0.717. The summed E-state index contributed by atoms with van der Waals surface area (Å²) in [6, 6.07) is 37.6. The van der Waals surface area contributed by atoms with E-state index in [1.807, 2.05) is 29.1 Å². The summed E-state index contributed by atoms with van der Waals surface area (Å²) >= 11 is 0. The molecule has 5 aromatic heterocycles. The van der Waals surface area contributed by atoms with Crippen molar-refractivity contribution in [2.75, 3.05) is 0 Å². The van der Waals surface area contributed by atoms with E-state index in [2.05, 4.69) is 155 Å². The van der Waals surface area contributed by atoms with E-state index >= 15 is 0 Å². The van der Waals surface area contributed by atoms with Gasteiger partial charge in [0.15, 0.2) is 0 Å². The van der Waals surface area contributed by atoms with Crippen molar-refractivity contribution in [2.45, 2.75) is 40.7 Å². The first-order valence-corrected chi connectivity index (χ1v) is 19.9. The molecule has 0 aliphatic carbocycles. The number of hydrogen-bond donors (Lipinski definition) is 0. The van der Waals surface area contributed by atoms with Crippen LogP contribution < -0.4 is 0 Å². The lowest BCUT2D eigenvalue weighted by atomic mass is 9.89. The summed E-state index contributed by atoms with van der Waals surface area (Å²) in [6.07, 6.45) is 10.8. The summed E-state index contributed by atoms with van der Waals surface area (Å²) in [5.74, 6) is 1.48. The summed E-state index contributed by atoms with van der Waals surface area (Å²) in [5, 5.41) is 10.3. The van der Waals surface area contributed by atoms with Crippen molar-refractivity contribution >= 4 is 72.1 Å². The van der Waals surface area contributed by atoms with Crippen LogP contribution in [0.25, 0.3) is 93.8 Å². The Morgan fingerprint density at radius 2 is 1.07 bits per heavy atom. The zero-order chi connectivity index (χ0) is 38.8. The van der Waals surface area contributed by atoms with Crippen LogP contribution in [-0.4, -0.2) is 39.3 Å². The van der Waals surface area contributed by atoms with Gasteiger partial charge in [0.25, 0.3) is 0 Å². The van der Waals surface area contributed by atoms with E-state index in [-0.39, 0.29) is 0 Å². The van der Waals surface area contributed by atoms with Crippen molar-refractivity contribution in [1.82, 2.24) is 33.1 Å². The maximum absolute atomic E-state index is 4.83. The van der Waals surface area contributed by atoms with Crippen molar-refractivity contribution in [3.8, 4) is 33.9 Å². The topological polar surface area (TPSA) is 70.2 Å². The quantitative estimate of drug-likeness (QED) is 0.168. The number of hydrogen-bond acceptors (Lipinski definition) is 4. The number of benzene rings is 6. The molecule has 0 N–H and O–H groups in total. The summed E-state index contributed by atoms with van der Waals surface area (Å²) in [7, 11) is 0. The number of nitrogens with zero attached hydrogens (tertiary/aromatic N) is 8. The van der Waals surface area contributed by atoms with Gasteiger partial charge in [-0.15, -0.1) is 0 Å². The molecule has 0 atom stereocenters. The molecular weight excluding hydrogens is 713 g/mol. The number of fused-ring (bicyclic) bond motifs is 13. The number of imidazole rings is 2. The fourth-order valence-electron chi connectivity index (χ4n) is 9.67. The average molecular weight is 751 g/mol. The van der Waals surface area contributed by atoms with Crippen LogP contribution in [0.1, 0.15) is 28.9 Å². The van der Waals surface area contributed by atoms with Crippen LogP contribution in [0.15, 0.2) is 133 Å². The minimum absolute atomic E-state index is 0.696. The Hall–Kier alpha value is -7.32. The highest BCUT2D eigenvalue weighted by Crippen LogP contribution is 2.49. The van der Waals surface area contributed by atoms with Gasteiger partial charge in [0.05, 0.1) is 22.4 Å². The predicted octanol–water partition coefficient (Wildman–Crippen LogP) is 11.9. The van der Waals surface area contributed by atoms with Crippen LogP contribution >= 0.6 is 0 Å². The van der Waals surface area contributed by atoms with E-state index in [0.29, 0.717) is 5.78 Å². The molecule has 8 heteroatoms. The van der Waals surface area contributed by atoms with Gasteiger partial charge in [-0.05, 0) is 79.9 Å². The van der Waals surface area contributed by atoms with E-state index in [0.717, 1.165) is 52.8 Å².